The Bertz CT molecular complexity index is 2440. The van der Waals surface area contributed by atoms with E-state index in [2.05, 4.69) is 36.3 Å². The number of carbonyl (C=O) groups is 3. The molecule has 5 aromatic rings. The number of nitrogens with zero attached hydrogens (tertiary/aromatic N) is 1. The van der Waals surface area contributed by atoms with Gasteiger partial charge in [-0.25, -0.2) is 18.2 Å². The van der Waals surface area contributed by atoms with Gasteiger partial charge in [-0.1, -0.05) is 45.0 Å². The fraction of sp³-hybridized carbons (Fsp3) is 0.286. The van der Waals surface area contributed by atoms with Gasteiger partial charge in [-0.3, -0.25) is 14.3 Å². The second-order valence-electron chi connectivity index (χ2n) is 14.5. The van der Waals surface area contributed by atoms with E-state index in [-0.39, 0.29) is 34.9 Å². The van der Waals surface area contributed by atoms with Crippen molar-refractivity contribution in [2.75, 3.05) is 60.8 Å². The first-order valence-corrected chi connectivity index (χ1v) is 20.5. The molecule has 4 aromatic carbocycles. The van der Waals surface area contributed by atoms with Gasteiger partial charge < -0.3 is 45.9 Å². The van der Waals surface area contributed by atoms with E-state index in [4.69, 9.17) is 19.3 Å². The smallest absolute Gasteiger partial charge is 0.323 e. The predicted octanol–water partition coefficient (Wildman–Crippen LogP) is 7.29. The molecule has 0 atom stereocenters. The summed E-state index contributed by atoms with van der Waals surface area (Å²) in [5.74, 6) is 0.826. The Morgan fingerprint density at radius 2 is 1.53 bits per heavy atom. The monoisotopic (exact) mass is 827 g/mol. The van der Waals surface area contributed by atoms with Crippen LogP contribution in [-0.4, -0.2) is 76.5 Å². The van der Waals surface area contributed by atoms with Gasteiger partial charge >= 0.3 is 12.0 Å². The van der Waals surface area contributed by atoms with Crippen LogP contribution in [0, 0.1) is 0 Å². The molecule has 0 saturated carbocycles. The number of sulfonamides is 1. The number of urea groups is 1. The number of aromatic nitrogens is 1. The van der Waals surface area contributed by atoms with E-state index in [9.17, 15) is 22.8 Å². The number of carbonyl (C=O) groups excluding carboxylic acids is 2. The Balaban J connectivity index is 1.28. The number of hydrogen-bond donors (Lipinski definition) is 7. The average Bonchev–Trinajstić information content (AvgIpc) is 3.17. The Morgan fingerprint density at radius 3 is 2.22 bits per heavy atom. The molecular weight excluding hydrogens is 779 g/mol. The Morgan fingerprint density at radius 1 is 0.797 bits per heavy atom. The van der Waals surface area contributed by atoms with Crippen molar-refractivity contribution in [3.63, 3.8) is 0 Å². The minimum absolute atomic E-state index is 0.0370. The number of methoxy groups -OCH3 is 2. The topological polar surface area (TPSA) is 218 Å². The highest BCUT2D eigenvalue weighted by atomic mass is 32.2. The standard InChI is InChI=1S/C42H49N7O9S/c1-42(2,3)26-22-33(39(57-5)34(23-26)49-59(6,54)55)48-41(53)47-32-14-15-35(30-11-8-7-10-29(30)32)58-28-16-21-44-37(25-28)46-27-12-13-31(36(24-27)56-4)40(52)45-19-9-18-43-20-17-38(50)51/h7-8,10-16,21-25,43,49H,9,17-20H2,1-6H3,(H,44,46)(H,45,52)(H,50,51)(H2,47,48,53). The van der Waals surface area contributed by atoms with Crippen LogP contribution in [-0.2, 0) is 20.2 Å². The Hall–Kier alpha value is -6.59. The Labute approximate surface area is 343 Å². The number of anilines is 5. The first-order valence-electron chi connectivity index (χ1n) is 18.6. The lowest BCUT2D eigenvalue weighted by Crippen LogP contribution is -2.28. The number of pyridine rings is 1. The number of hydrogen-bond acceptors (Lipinski definition) is 11. The van der Waals surface area contributed by atoms with E-state index >= 15 is 0 Å². The SMILES string of the molecule is COc1cc(Nc2cc(Oc3ccc(NC(=O)Nc4cc(C(C)(C)C)cc(NS(C)(=O)=O)c4OC)c4ccccc34)ccn2)ccc1C(=O)NCCCNCCC(=O)O. The second-order valence-corrected chi connectivity index (χ2v) is 16.2. The molecule has 0 spiro atoms. The molecule has 0 unspecified atom stereocenters. The summed E-state index contributed by atoms with van der Waals surface area (Å²) in [6.07, 6.45) is 3.30. The summed E-state index contributed by atoms with van der Waals surface area (Å²) in [7, 11) is -0.778. The lowest BCUT2D eigenvalue weighted by Gasteiger charge is -2.24. The molecule has 7 N–H and O–H groups in total. The van der Waals surface area contributed by atoms with Gasteiger partial charge in [0.1, 0.15) is 23.1 Å². The predicted molar refractivity (Wildman–Crippen MR) is 229 cm³/mol. The van der Waals surface area contributed by atoms with Crippen LogP contribution in [0.5, 0.6) is 23.0 Å². The maximum atomic E-state index is 13.5. The van der Waals surface area contributed by atoms with Crippen LogP contribution in [0.15, 0.2) is 85.1 Å². The molecule has 59 heavy (non-hydrogen) atoms. The van der Waals surface area contributed by atoms with E-state index in [0.29, 0.717) is 71.4 Å². The molecule has 17 heteroatoms. The van der Waals surface area contributed by atoms with Crippen LogP contribution < -0.4 is 45.5 Å². The summed E-state index contributed by atoms with van der Waals surface area (Å²) in [5, 5.41) is 25.0. The number of carboxylic acids is 1. The van der Waals surface area contributed by atoms with E-state index in [1.54, 1.807) is 60.8 Å². The van der Waals surface area contributed by atoms with Crippen molar-refractivity contribution in [1.29, 1.82) is 0 Å². The maximum absolute atomic E-state index is 13.5. The molecule has 16 nitrogen and oxygen atoms in total. The van der Waals surface area contributed by atoms with Crippen molar-refractivity contribution < 1.29 is 42.1 Å². The average molecular weight is 828 g/mol. The van der Waals surface area contributed by atoms with Crippen molar-refractivity contribution in [3.05, 3.63) is 96.2 Å². The number of amides is 3. The van der Waals surface area contributed by atoms with Gasteiger partial charge in [-0.2, -0.15) is 0 Å². The number of ether oxygens (including phenoxy) is 3. The third-order valence-electron chi connectivity index (χ3n) is 8.84. The highest BCUT2D eigenvalue weighted by Gasteiger charge is 2.23. The van der Waals surface area contributed by atoms with Gasteiger partial charge in [0, 0.05) is 47.9 Å². The minimum atomic E-state index is -3.65. The van der Waals surface area contributed by atoms with Gasteiger partial charge in [0.25, 0.3) is 5.91 Å². The van der Waals surface area contributed by atoms with E-state index in [1.165, 1.54) is 14.2 Å². The Kier molecular flexibility index (Phi) is 14.2. The molecular formula is C42H49N7O9S. The number of carboxylic acid groups (broad SMARTS) is 1. The zero-order chi connectivity index (χ0) is 42.7. The highest BCUT2D eigenvalue weighted by molar-refractivity contribution is 7.92. The van der Waals surface area contributed by atoms with Gasteiger partial charge in [0.2, 0.25) is 10.0 Å². The molecule has 1 aromatic heterocycles. The number of nitrogens with one attached hydrogen (secondary N) is 6. The third-order valence-corrected chi connectivity index (χ3v) is 9.43. The number of benzene rings is 4. The van der Waals surface area contributed by atoms with Crippen LogP contribution in [0.25, 0.3) is 10.8 Å². The van der Waals surface area contributed by atoms with Gasteiger partial charge in [0.05, 0.1) is 49.5 Å². The van der Waals surface area contributed by atoms with Gasteiger partial charge in [-0.05, 0) is 66.4 Å². The van der Waals surface area contributed by atoms with E-state index in [1.807, 2.05) is 45.0 Å². The molecule has 3 amide bonds. The largest absolute Gasteiger partial charge is 0.496 e. The normalized spacial score (nSPS) is 11.4. The molecule has 312 valence electrons. The minimum Gasteiger partial charge on any atom is -0.496 e. The number of fused-ring (bicyclic) bond motifs is 1. The zero-order valence-electron chi connectivity index (χ0n) is 33.7. The molecule has 0 aliphatic carbocycles. The molecule has 0 aliphatic rings. The number of aliphatic carboxylic acids is 1. The first-order chi connectivity index (χ1) is 28.0. The molecule has 5 rings (SSSR count). The van der Waals surface area contributed by atoms with Crippen LogP contribution >= 0.6 is 0 Å². The third kappa shape index (κ3) is 12.2. The lowest BCUT2D eigenvalue weighted by molar-refractivity contribution is -0.136. The van der Waals surface area contributed by atoms with Crippen molar-refractivity contribution in [2.24, 2.45) is 0 Å². The zero-order valence-corrected chi connectivity index (χ0v) is 34.5. The summed E-state index contributed by atoms with van der Waals surface area (Å²) in [6.45, 7) is 7.26. The second kappa shape index (κ2) is 19.2. The summed E-state index contributed by atoms with van der Waals surface area (Å²) in [5.41, 5.74) is 2.35. The van der Waals surface area contributed by atoms with E-state index < -0.39 is 22.0 Å². The molecule has 1 heterocycles. The van der Waals surface area contributed by atoms with E-state index in [0.717, 1.165) is 17.2 Å². The molecule has 0 fully saturated rings. The van der Waals surface area contributed by atoms with Crippen molar-refractivity contribution >= 4 is 67.3 Å². The quantitative estimate of drug-likeness (QED) is 0.0434. The fourth-order valence-corrected chi connectivity index (χ4v) is 6.55. The molecule has 0 radical (unpaired) electrons. The van der Waals surface area contributed by atoms with Crippen molar-refractivity contribution in [2.45, 2.75) is 39.0 Å². The van der Waals surface area contributed by atoms with Gasteiger partial charge in [0.15, 0.2) is 5.75 Å². The fourth-order valence-electron chi connectivity index (χ4n) is 6.00. The van der Waals surface area contributed by atoms with Crippen LogP contribution in [0.2, 0.25) is 0 Å². The van der Waals surface area contributed by atoms with Crippen LogP contribution in [0.1, 0.15) is 49.5 Å². The van der Waals surface area contributed by atoms with Crippen LogP contribution in [0.4, 0.5) is 33.4 Å². The van der Waals surface area contributed by atoms with Crippen LogP contribution in [0.3, 0.4) is 0 Å². The number of rotatable bonds is 18. The summed E-state index contributed by atoms with van der Waals surface area (Å²) >= 11 is 0. The lowest BCUT2D eigenvalue weighted by atomic mass is 9.86. The molecule has 0 bridgehead atoms. The van der Waals surface area contributed by atoms with Crippen molar-refractivity contribution in [1.82, 2.24) is 15.6 Å². The summed E-state index contributed by atoms with van der Waals surface area (Å²) in [6, 6.07) is 22.3. The molecule has 0 aliphatic heterocycles. The first kappa shape index (κ1) is 43.5. The highest BCUT2D eigenvalue weighted by Crippen LogP contribution is 2.40. The van der Waals surface area contributed by atoms with Gasteiger partial charge in [-0.15, -0.1) is 0 Å². The summed E-state index contributed by atoms with van der Waals surface area (Å²) < 4.78 is 44.2. The maximum Gasteiger partial charge on any atom is 0.323 e. The van der Waals surface area contributed by atoms with Crippen molar-refractivity contribution in [3.8, 4) is 23.0 Å². The molecule has 0 saturated heterocycles. The summed E-state index contributed by atoms with van der Waals surface area (Å²) in [4.78, 5) is 41.4.